The average molecular weight is 533 g/mol. The van der Waals surface area contributed by atoms with Gasteiger partial charge in [-0.15, -0.1) is 0 Å². The second kappa shape index (κ2) is 15.6. The van der Waals surface area contributed by atoms with Gasteiger partial charge in [0.15, 0.2) is 11.5 Å². The number of benzene rings is 2. The van der Waals surface area contributed by atoms with Crippen LogP contribution in [0.15, 0.2) is 71.8 Å². The van der Waals surface area contributed by atoms with Crippen LogP contribution in [0.1, 0.15) is 35.7 Å². The maximum absolute atomic E-state index is 12.5. The number of nitrogens with zero attached hydrogens (tertiary/aromatic N) is 2. The standard InChI is InChI=1S/C26H29N3O4S.CH3.K/c1-2-32-23-10-3-4-11-24(23)33-21-8-6-14-29(18-21)25-13-12-20(17-27-25)26(30)28-16-19-7-5-9-22(15-19)34-31;;/h3-5,7,9-13,15,17,21,31H,2,6,8,14,16,18H2,1H3,(H,28,30);1H3;/q;-1;+1/p-1. The number of carbonyl (C=O) groups is 1. The molecular weight excluding hydrogens is 501 g/mol. The molecule has 3 aromatic rings. The predicted molar refractivity (Wildman–Crippen MR) is 138 cm³/mol. The summed E-state index contributed by atoms with van der Waals surface area (Å²) in [5, 5.41) is 2.88. The van der Waals surface area contributed by atoms with Gasteiger partial charge in [-0.05, 0) is 66.6 Å². The van der Waals surface area contributed by atoms with Crippen LogP contribution in [0.4, 0.5) is 5.82 Å². The van der Waals surface area contributed by atoms with Gasteiger partial charge in [0.25, 0.3) is 5.91 Å². The number of rotatable bonds is 9. The van der Waals surface area contributed by atoms with Crippen LogP contribution in [0.2, 0.25) is 0 Å². The second-order valence-corrected chi connectivity index (χ2v) is 8.66. The number of amides is 1. The van der Waals surface area contributed by atoms with E-state index in [1.54, 1.807) is 24.4 Å². The van der Waals surface area contributed by atoms with Crippen LogP contribution >= 0.6 is 12.0 Å². The van der Waals surface area contributed by atoms with Crippen LogP contribution in [0.5, 0.6) is 11.5 Å². The normalized spacial score (nSPS) is 14.7. The zero-order valence-electron chi connectivity index (χ0n) is 21.1. The molecule has 1 aliphatic rings. The van der Waals surface area contributed by atoms with Gasteiger partial charge in [0.05, 0.1) is 18.7 Å². The van der Waals surface area contributed by atoms with Crippen molar-refractivity contribution in [2.45, 2.75) is 37.3 Å². The summed E-state index contributed by atoms with van der Waals surface area (Å²) in [5.74, 6) is 2.14. The first-order valence-electron chi connectivity index (χ1n) is 11.4. The van der Waals surface area contributed by atoms with Gasteiger partial charge in [0.1, 0.15) is 11.9 Å². The fourth-order valence-electron chi connectivity index (χ4n) is 3.94. The molecule has 1 aliphatic heterocycles. The van der Waals surface area contributed by atoms with E-state index in [9.17, 15) is 9.35 Å². The van der Waals surface area contributed by atoms with Crippen LogP contribution < -0.4 is 71.1 Å². The van der Waals surface area contributed by atoms with Crippen molar-refractivity contribution in [1.82, 2.24) is 10.3 Å². The van der Waals surface area contributed by atoms with Crippen LogP contribution in [-0.2, 0) is 6.54 Å². The van der Waals surface area contributed by atoms with Gasteiger partial charge in [-0.3, -0.25) is 4.79 Å². The van der Waals surface area contributed by atoms with Crippen LogP contribution in [0, 0.1) is 7.43 Å². The topological polar surface area (TPSA) is 86.8 Å². The van der Waals surface area contributed by atoms with Crippen molar-refractivity contribution in [3.05, 3.63) is 85.4 Å². The molecule has 0 spiro atoms. The fourth-order valence-corrected chi connectivity index (χ4v) is 4.28. The zero-order chi connectivity index (χ0) is 23.8. The van der Waals surface area contributed by atoms with Gasteiger partial charge in [-0.2, -0.15) is 0 Å². The van der Waals surface area contributed by atoms with Gasteiger partial charge in [-0.1, -0.05) is 24.3 Å². The van der Waals surface area contributed by atoms with E-state index in [2.05, 4.69) is 15.2 Å². The summed E-state index contributed by atoms with van der Waals surface area (Å²) in [7, 11) is 0. The minimum absolute atomic E-state index is 0. The molecule has 0 bridgehead atoms. The van der Waals surface area contributed by atoms with Crippen molar-refractivity contribution in [1.29, 1.82) is 0 Å². The summed E-state index contributed by atoms with van der Waals surface area (Å²) in [6, 6.07) is 18.6. The number of nitrogens with one attached hydrogen (secondary N) is 1. The van der Waals surface area contributed by atoms with Crippen molar-refractivity contribution < 1.29 is 70.2 Å². The number of anilines is 1. The Morgan fingerprint density at radius 2 is 1.97 bits per heavy atom. The summed E-state index contributed by atoms with van der Waals surface area (Å²) in [4.78, 5) is 19.9. The van der Waals surface area contributed by atoms with E-state index in [0.717, 1.165) is 42.3 Å². The van der Waals surface area contributed by atoms with E-state index in [4.69, 9.17) is 9.47 Å². The van der Waals surface area contributed by atoms with E-state index in [1.807, 2.05) is 49.4 Å². The van der Waals surface area contributed by atoms with Crippen molar-refractivity contribution in [2.24, 2.45) is 0 Å². The second-order valence-electron chi connectivity index (χ2n) is 8.03. The van der Waals surface area contributed by atoms with E-state index in [-0.39, 0.29) is 70.8 Å². The minimum Gasteiger partial charge on any atom is -0.795 e. The van der Waals surface area contributed by atoms with Gasteiger partial charge >= 0.3 is 51.4 Å². The molecule has 2 aromatic carbocycles. The van der Waals surface area contributed by atoms with Gasteiger partial charge in [-0.25, -0.2) is 17.0 Å². The average Bonchev–Trinajstić information content (AvgIpc) is 2.89. The molecule has 9 heteroatoms. The number of pyridine rings is 1. The summed E-state index contributed by atoms with van der Waals surface area (Å²) in [5.41, 5.74) is 1.37. The number of piperidine rings is 1. The molecule has 1 aromatic heterocycles. The Kier molecular flexibility index (Phi) is 13.3. The largest absolute Gasteiger partial charge is 1.00 e. The molecule has 1 atom stereocenters. The quantitative estimate of drug-likeness (QED) is 0.257. The molecule has 0 saturated carbocycles. The number of hydrogen-bond donors (Lipinski definition) is 1. The first-order valence-corrected chi connectivity index (χ1v) is 12.2. The minimum atomic E-state index is -0.202. The van der Waals surface area contributed by atoms with E-state index >= 15 is 0 Å². The molecule has 4 rings (SSSR count). The smallest absolute Gasteiger partial charge is 0.795 e. The molecule has 0 aliphatic carbocycles. The van der Waals surface area contributed by atoms with E-state index in [0.29, 0.717) is 42.2 Å². The molecule has 1 fully saturated rings. The molecule has 0 radical (unpaired) electrons. The van der Waals surface area contributed by atoms with Crippen molar-refractivity contribution in [3.8, 4) is 11.5 Å². The molecule has 1 amide bonds. The summed E-state index contributed by atoms with van der Waals surface area (Å²) >= 11 is 0.439. The molecule has 2 heterocycles. The van der Waals surface area contributed by atoms with Crippen molar-refractivity contribution in [3.63, 3.8) is 0 Å². The molecule has 7 nitrogen and oxygen atoms in total. The summed E-state index contributed by atoms with van der Waals surface area (Å²) < 4.78 is 22.9. The Hall–Kier alpha value is -1.59. The van der Waals surface area contributed by atoms with E-state index < -0.39 is 0 Å². The summed E-state index contributed by atoms with van der Waals surface area (Å²) in [6.45, 7) is 4.50. The van der Waals surface area contributed by atoms with Crippen molar-refractivity contribution >= 4 is 23.8 Å². The Balaban J connectivity index is 0.00000228. The van der Waals surface area contributed by atoms with Crippen molar-refractivity contribution in [2.75, 3.05) is 24.6 Å². The number of hydrogen-bond acceptors (Lipinski definition) is 7. The van der Waals surface area contributed by atoms with Gasteiger partial charge < -0.3 is 31.7 Å². The Labute approximate surface area is 260 Å². The molecule has 1 N–H and O–H groups in total. The third-order valence-electron chi connectivity index (χ3n) is 5.60. The fraction of sp³-hybridized carbons (Fsp3) is 0.296. The molecule has 1 saturated heterocycles. The Morgan fingerprint density at radius 3 is 2.69 bits per heavy atom. The van der Waals surface area contributed by atoms with Crippen LogP contribution in [0.25, 0.3) is 0 Å². The Morgan fingerprint density at radius 1 is 1.17 bits per heavy atom. The SMILES string of the molecule is CCOc1ccccc1OC1CCCN(c2ccc(C(=O)NCc3cccc(S[O-])c3)cn2)C1.[CH3-].[K+]. The first-order chi connectivity index (χ1) is 16.7. The number of para-hydroxylation sites is 2. The summed E-state index contributed by atoms with van der Waals surface area (Å²) in [6.07, 6.45) is 3.59. The molecule has 1 unspecified atom stereocenters. The monoisotopic (exact) mass is 532 g/mol. The zero-order valence-corrected chi connectivity index (χ0v) is 25.0. The molecule has 186 valence electrons. The van der Waals surface area contributed by atoms with E-state index in [1.165, 1.54) is 0 Å². The third-order valence-corrected chi connectivity index (χ3v) is 6.05. The van der Waals surface area contributed by atoms with Crippen LogP contribution in [0.3, 0.4) is 0 Å². The first kappa shape index (κ1) is 30.6. The number of ether oxygens (including phenoxy) is 2. The third kappa shape index (κ3) is 8.48. The maximum Gasteiger partial charge on any atom is 1.00 e. The molecule has 36 heavy (non-hydrogen) atoms. The maximum atomic E-state index is 12.5. The van der Waals surface area contributed by atoms with Gasteiger partial charge in [0.2, 0.25) is 0 Å². The molecular formula is C27H31KN3O4S-. The van der Waals surface area contributed by atoms with Crippen LogP contribution in [-0.4, -0.2) is 41.2 Å². The predicted octanol–water partition coefficient (Wildman–Crippen LogP) is 2.13. The number of carbonyl (C=O) groups excluding carboxylic acids is 1. The van der Waals surface area contributed by atoms with Gasteiger partial charge in [0, 0.05) is 19.3 Å². The Bertz CT molecular complexity index is 1100. The number of aromatic nitrogens is 1.